The van der Waals surface area contributed by atoms with Crippen molar-refractivity contribution in [3.63, 3.8) is 0 Å². The Morgan fingerprint density at radius 3 is 2.94 bits per heavy atom. The average molecular weight is 312 g/mol. The summed E-state index contributed by atoms with van der Waals surface area (Å²) in [6, 6.07) is 6.03. The molecule has 2 unspecified atom stereocenters. The van der Waals surface area contributed by atoms with E-state index in [1.165, 1.54) is 25.7 Å². The van der Waals surface area contributed by atoms with Crippen LogP contribution in [0.4, 0.5) is 0 Å². The zero-order chi connectivity index (χ0) is 13.0. The maximum atomic E-state index is 5.99. The molecule has 2 N–H and O–H groups in total. The Hall–Kier alpha value is -0.540. The molecular weight excluding hydrogens is 290 g/mol. The minimum atomic E-state index is 0.512. The van der Waals surface area contributed by atoms with Crippen molar-refractivity contribution < 1.29 is 4.74 Å². The van der Waals surface area contributed by atoms with Crippen LogP contribution >= 0.6 is 15.9 Å². The number of benzene rings is 1. The van der Waals surface area contributed by atoms with E-state index in [0.717, 1.165) is 28.3 Å². The third-order valence-electron chi connectivity index (χ3n) is 3.80. The Labute approximate surface area is 118 Å². The number of hydrogen-bond acceptors (Lipinski definition) is 2. The number of ether oxygens (including phenoxy) is 1. The normalized spacial score (nSPS) is 23.9. The predicted octanol–water partition coefficient (Wildman–Crippen LogP) is 4.11. The minimum absolute atomic E-state index is 0.512. The highest BCUT2D eigenvalue weighted by molar-refractivity contribution is 9.10. The fourth-order valence-corrected chi connectivity index (χ4v) is 3.30. The number of nitrogens with two attached hydrogens (primary N) is 1. The largest absolute Gasteiger partial charge is 0.493 e. The summed E-state index contributed by atoms with van der Waals surface area (Å²) in [6.07, 6.45) is 5.32. The number of hydrogen-bond donors (Lipinski definition) is 1. The molecule has 3 heteroatoms. The average Bonchev–Trinajstić information content (AvgIpc) is 2.36. The van der Waals surface area contributed by atoms with Crippen LogP contribution in [0.15, 0.2) is 22.7 Å². The van der Waals surface area contributed by atoms with Gasteiger partial charge in [0.1, 0.15) is 5.75 Å². The van der Waals surface area contributed by atoms with E-state index in [-0.39, 0.29) is 0 Å². The maximum absolute atomic E-state index is 5.99. The van der Waals surface area contributed by atoms with Crippen molar-refractivity contribution >= 4 is 15.9 Å². The van der Waals surface area contributed by atoms with Crippen LogP contribution in [0.2, 0.25) is 0 Å². The van der Waals surface area contributed by atoms with E-state index in [4.69, 9.17) is 10.5 Å². The molecule has 0 radical (unpaired) electrons. The van der Waals surface area contributed by atoms with Gasteiger partial charge >= 0.3 is 0 Å². The Balaban J connectivity index is 1.95. The fourth-order valence-electron chi connectivity index (χ4n) is 2.79. The summed E-state index contributed by atoms with van der Waals surface area (Å²) in [7, 11) is 0. The molecule has 0 bridgehead atoms. The van der Waals surface area contributed by atoms with Gasteiger partial charge in [0, 0.05) is 16.6 Å². The molecule has 1 aliphatic rings. The fraction of sp³-hybridized carbons (Fsp3) is 0.600. The highest BCUT2D eigenvalue weighted by Gasteiger charge is 2.19. The van der Waals surface area contributed by atoms with E-state index < -0.39 is 0 Å². The van der Waals surface area contributed by atoms with Gasteiger partial charge in [0.2, 0.25) is 0 Å². The van der Waals surface area contributed by atoms with Gasteiger partial charge in [0.25, 0.3) is 0 Å². The quantitative estimate of drug-likeness (QED) is 0.908. The topological polar surface area (TPSA) is 35.2 Å². The third kappa shape index (κ3) is 3.48. The lowest BCUT2D eigenvalue weighted by Gasteiger charge is -2.27. The van der Waals surface area contributed by atoms with Crippen molar-refractivity contribution in [3.05, 3.63) is 28.2 Å². The lowest BCUT2D eigenvalue weighted by atomic mass is 9.83. The second-order valence-corrected chi connectivity index (χ2v) is 6.22. The van der Waals surface area contributed by atoms with Gasteiger partial charge in [-0.25, -0.2) is 0 Å². The van der Waals surface area contributed by atoms with Crippen LogP contribution in [0.1, 0.15) is 38.2 Å². The zero-order valence-electron chi connectivity index (χ0n) is 11.0. The summed E-state index contributed by atoms with van der Waals surface area (Å²) in [5.74, 6) is 2.49. The van der Waals surface area contributed by atoms with Gasteiger partial charge in [-0.05, 0) is 36.8 Å². The van der Waals surface area contributed by atoms with E-state index in [1.54, 1.807) is 0 Å². The molecule has 0 aliphatic heterocycles. The molecule has 1 aromatic rings. The van der Waals surface area contributed by atoms with Gasteiger partial charge in [0.05, 0.1) is 6.61 Å². The van der Waals surface area contributed by atoms with E-state index in [0.29, 0.717) is 12.5 Å². The minimum Gasteiger partial charge on any atom is -0.493 e. The summed E-state index contributed by atoms with van der Waals surface area (Å²) >= 11 is 3.52. The van der Waals surface area contributed by atoms with Gasteiger partial charge in [-0.15, -0.1) is 0 Å². The first-order chi connectivity index (χ1) is 8.70. The molecule has 1 fully saturated rings. The van der Waals surface area contributed by atoms with Gasteiger partial charge in [-0.2, -0.15) is 0 Å². The highest BCUT2D eigenvalue weighted by Crippen LogP contribution is 2.31. The molecule has 0 heterocycles. The monoisotopic (exact) mass is 311 g/mol. The lowest BCUT2D eigenvalue weighted by molar-refractivity contribution is 0.181. The number of halogens is 1. The molecular formula is C15H22BrNO. The molecule has 0 amide bonds. The Bertz CT molecular complexity index is 394. The Morgan fingerprint density at radius 1 is 1.39 bits per heavy atom. The van der Waals surface area contributed by atoms with Crippen LogP contribution in [0.3, 0.4) is 0 Å². The van der Waals surface area contributed by atoms with E-state index in [1.807, 2.05) is 18.2 Å². The molecule has 100 valence electrons. The van der Waals surface area contributed by atoms with Crippen LogP contribution in [0.5, 0.6) is 5.75 Å². The molecule has 0 saturated heterocycles. The number of rotatable bonds is 4. The predicted molar refractivity (Wildman–Crippen MR) is 78.7 cm³/mol. The molecule has 1 aliphatic carbocycles. The molecule has 0 spiro atoms. The smallest absolute Gasteiger partial charge is 0.124 e. The van der Waals surface area contributed by atoms with Crippen molar-refractivity contribution in [2.24, 2.45) is 17.6 Å². The van der Waals surface area contributed by atoms with E-state index >= 15 is 0 Å². The van der Waals surface area contributed by atoms with Crippen LogP contribution < -0.4 is 10.5 Å². The standard InChI is InChI=1S/C15H22BrNO/c1-11-4-2-5-12(8-11)10-18-15-7-3-6-14(16)13(15)9-17/h3,6-7,11-12H,2,4-5,8-10,17H2,1H3. The second kappa shape index (κ2) is 6.58. The summed E-state index contributed by atoms with van der Waals surface area (Å²) in [4.78, 5) is 0. The first-order valence-electron chi connectivity index (χ1n) is 6.81. The van der Waals surface area contributed by atoms with Crippen LogP contribution in [-0.2, 0) is 6.54 Å². The first kappa shape index (κ1) is 13.9. The van der Waals surface area contributed by atoms with Gasteiger partial charge in [-0.1, -0.05) is 41.8 Å². The summed E-state index contributed by atoms with van der Waals surface area (Å²) in [6.45, 7) is 3.68. The zero-order valence-corrected chi connectivity index (χ0v) is 12.6. The lowest BCUT2D eigenvalue weighted by Crippen LogP contribution is -2.20. The van der Waals surface area contributed by atoms with Crippen molar-refractivity contribution in [2.75, 3.05) is 6.61 Å². The molecule has 2 atom stereocenters. The Kier molecular flexibility index (Phi) is 5.07. The molecule has 1 saturated carbocycles. The second-order valence-electron chi connectivity index (χ2n) is 5.37. The first-order valence-corrected chi connectivity index (χ1v) is 7.60. The van der Waals surface area contributed by atoms with Crippen molar-refractivity contribution in [2.45, 2.75) is 39.2 Å². The summed E-state index contributed by atoms with van der Waals surface area (Å²) < 4.78 is 7.03. The van der Waals surface area contributed by atoms with E-state index in [9.17, 15) is 0 Å². The van der Waals surface area contributed by atoms with Crippen molar-refractivity contribution in [1.82, 2.24) is 0 Å². The molecule has 0 aromatic heterocycles. The summed E-state index contributed by atoms with van der Waals surface area (Å²) in [5, 5.41) is 0. The van der Waals surface area contributed by atoms with Crippen LogP contribution in [0, 0.1) is 11.8 Å². The van der Waals surface area contributed by atoms with Gasteiger partial charge < -0.3 is 10.5 Å². The third-order valence-corrected chi connectivity index (χ3v) is 4.54. The van der Waals surface area contributed by atoms with Gasteiger partial charge in [-0.3, -0.25) is 0 Å². The van der Waals surface area contributed by atoms with Gasteiger partial charge in [0.15, 0.2) is 0 Å². The highest BCUT2D eigenvalue weighted by atomic mass is 79.9. The Morgan fingerprint density at radius 2 is 2.22 bits per heavy atom. The SMILES string of the molecule is CC1CCCC(COc2cccc(Br)c2CN)C1. The maximum Gasteiger partial charge on any atom is 0.124 e. The van der Waals surface area contributed by atoms with Crippen molar-refractivity contribution in [3.8, 4) is 5.75 Å². The van der Waals surface area contributed by atoms with E-state index in [2.05, 4.69) is 22.9 Å². The van der Waals surface area contributed by atoms with Crippen LogP contribution in [-0.4, -0.2) is 6.61 Å². The molecule has 2 rings (SSSR count). The van der Waals surface area contributed by atoms with Crippen LogP contribution in [0.25, 0.3) is 0 Å². The molecule has 2 nitrogen and oxygen atoms in total. The molecule has 1 aromatic carbocycles. The molecule has 18 heavy (non-hydrogen) atoms. The van der Waals surface area contributed by atoms with Crippen molar-refractivity contribution in [1.29, 1.82) is 0 Å². The summed E-state index contributed by atoms with van der Waals surface area (Å²) in [5.41, 5.74) is 6.84.